The summed E-state index contributed by atoms with van der Waals surface area (Å²) in [5, 5.41) is 7.61. The van der Waals surface area contributed by atoms with Crippen molar-refractivity contribution in [3.8, 4) is 5.88 Å². The van der Waals surface area contributed by atoms with Gasteiger partial charge in [0.2, 0.25) is 5.88 Å². The molecule has 0 spiro atoms. The first-order chi connectivity index (χ1) is 9.46. The summed E-state index contributed by atoms with van der Waals surface area (Å²) in [5.74, 6) is 0.276. The van der Waals surface area contributed by atoms with Crippen molar-refractivity contribution >= 4 is 5.97 Å². The van der Waals surface area contributed by atoms with Gasteiger partial charge in [0.1, 0.15) is 6.04 Å². The van der Waals surface area contributed by atoms with Crippen LogP contribution in [0.15, 0.2) is 0 Å². The number of esters is 1. The zero-order valence-corrected chi connectivity index (χ0v) is 13.2. The highest BCUT2D eigenvalue weighted by Gasteiger charge is 2.31. The number of ether oxygens (including phenoxy) is 2. The Labute approximate surface area is 120 Å². The normalized spacial score (nSPS) is 13.9. The molecule has 0 aliphatic heterocycles. The molecular formula is C14H25N3O3. The Kier molecular flexibility index (Phi) is 6.01. The molecule has 0 aliphatic rings. The van der Waals surface area contributed by atoms with E-state index in [1.54, 1.807) is 25.8 Å². The highest BCUT2D eigenvalue weighted by molar-refractivity contribution is 5.79. The number of methoxy groups -OCH3 is 1. The van der Waals surface area contributed by atoms with Crippen molar-refractivity contribution in [3.63, 3.8) is 0 Å². The van der Waals surface area contributed by atoms with E-state index < -0.39 is 6.04 Å². The van der Waals surface area contributed by atoms with Crippen molar-refractivity contribution in [1.82, 2.24) is 15.1 Å². The molecule has 1 aromatic rings. The Morgan fingerprint density at radius 3 is 2.60 bits per heavy atom. The van der Waals surface area contributed by atoms with Gasteiger partial charge in [-0.3, -0.25) is 5.32 Å². The van der Waals surface area contributed by atoms with Gasteiger partial charge in [-0.05, 0) is 27.2 Å². The molecule has 2 unspecified atom stereocenters. The van der Waals surface area contributed by atoms with Gasteiger partial charge in [-0.1, -0.05) is 6.92 Å². The van der Waals surface area contributed by atoms with Crippen LogP contribution in [0.5, 0.6) is 5.88 Å². The molecule has 2 atom stereocenters. The van der Waals surface area contributed by atoms with E-state index in [2.05, 4.69) is 17.3 Å². The summed E-state index contributed by atoms with van der Waals surface area (Å²) >= 11 is 0. The highest BCUT2D eigenvalue weighted by Crippen LogP contribution is 2.29. The van der Waals surface area contributed by atoms with Crippen molar-refractivity contribution in [2.24, 2.45) is 7.05 Å². The largest absolute Gasteiger partial charge is 0.481 e. The second-order valence-corrected chi connectivity index (χ2v) is 4.79. The van der Waals surface area contributed by atoms with Crippen LogP contribution in [0.2, 0.25) is 0 Å². The van der Waals surface area contributed by atoms with Crippen LogP contribution in [0.4, 0.5) is 0 Å². The number of carbonyl (C=O) groups is 1. The maximum atomic E-state index is 12.2. The molecule has 0 amide bonds. The number of carbonyl (C=O) groups excluding carboxylic acids is 1. The second-order valence-electron chi connectivity index (χ2n) is 4.79. The Hall–Kier alpha value is -1.56. The molecule has 0 bridgehead atoms. The lowest BCUT2D eigenvalue weighted by atomic mass is 10.1. The Morgan fingerprint density at radius 1 is 1.45 bits per heavy atom. The molecule has 0 saturated heterocycles. The Bertz CT molecular complexity index is 457. The van der Waals surface area contributed by atoms with Crippen LogP contribution in [0.3, 0.4) is 0 Å². The van der Waals surface area contributed by atoms with Crippen LogP contribution < -0.4 is 10.1 Å². The van der Waals surface area contributed by atoms with Gasteiger partial charge in [0.15, 0.2) is 0 Å². The summed E-state index contributed by atoms with van der Waals surface area (Å²) < 4.78 is 12.2. The van der Waals surface area contributed by atoms with Gasteiger partial charge in [0.25, 0.3) is 0 Å². The number of aromatic nitrogens is 2. The van der Waals surface area contributed by atoms with Crippen molar-refractivity contribution < 1.29 is 14.3 Å². The second kappa shape index (κ2) is 7.28. The average molecular weight is 283 g/mol. The first-order valence-corrected chi connectivity index (χ1v) is 6.96. The molecular weight excluding hydrogens is 258 g/mol. The van der Waals surface area contributed by atoms with Crippen LogP contribution in [0.25, 0.3) is 0 Å². The minimum Gasteiger partial charge on any atom is -0.481 e. The highest BCUT2D eigenvalue weighted by atomic mass is 16.5. The molecule has 0 saturated carbocycles. The lowest BCUT2D eigenvalue weighted by Crippen LogP contribution is -2.36. The van der Waals surface area contributed by atoms with Crippen molar-refractivity contribution in [3.05, 3.63) is 11.3 Å². The fourth-order valence-electron chi connectivity index (χ4n) is 2.12. The molecule has 1 aromatic heterocycles. The summed E-state index contributed by atoms with van der Waals surface area (Å²) in [4.78, 5) is 12.2. The first-order valence-electron chi connectivity index (χ1n) is 6.96. The van der Waals surface area contributed by atoms with E-state index in [4.69, 9.17) is 9.47 Å². The van der Waals surface area contributed by atoms with Crippen LogP contribution >= 0.6 is 0 Å². The van der Waals surface area contributed by atoms with Crippen molar-refractivity contribution in [2.75, 3.05) is 13.7 Å². The smallest absolute Gasteiger partial charge is 0.328 e. The van der Waals surface area contributed by atoms with Gasteiger partial charge in [-0.2, -0.15) is 5.10 Å². The molecule has 1 rings (SSSR count). The number of rotatable bonds is 7. The summed E-state index contributed by atoms with van der Waals surface area (Å²) in [7, 11) is 3.37. The van der Waals surface area contributed by atoms with E-state index in [0.717, 1.165) is 17.7 Å². The average Bonchev–Trinajstić information content (AvgIpc) is 2.69. The minimum absolute atomic E-state index is 0.189. The molecule has 1 N–H and O–H groups in total. The van der Waals surface area contributed by atoms with Gasteiger partial charge in [0, 0.05) is 13.1 Å². The van der Waals surface area contributed by atoms with Crippen molar-refractivity contribution in [1.29, 1.82) is 0 Å². The van der Waals surface area contributed by atoms with Crippen LogP contribution in [-0.2, 0) is 16.6 Å². The van der Waals surface area contributed by atoms with Crippen molar-refractivity contribution in [2.45, 2.75) is 46.2 Å². The van der Waals surface area contributed by atoms with E-state index in [-0.39, 0.29) is 12.0 Å². The van der Waals surface area contributed by atoms with E-state index >= 15 is 0 Å². The van der Waals surface area contributed by atoms with Gasteiger partial charge in [-0.25, -0.2) is 9.48 Å². The maximum Gasteiger partial charge on any atom is 0.328 e. The predicted molar refractivity (Wildman–Crippen MR) is 76.8 cm³/mol. The van der Waals surface area contributed by atoms with E-state index in [9.17, 15) is 4.79 Å². The minimum atomic E-state index is -0.562. The zero-order chi connectivity index (χ0) is 15.3. The number of aryl methyl sites for hydroxylation is 2. The van der Waals surface area contributed by atoms with Crippen LogP contribution in [-0.4, -0.2) is 35.5 Å². The van der Waals surface area contributed by atoms with E-state index in [0.29, 0.717) is 12.5 Å². The van der Waals surface area contributed by atoms with E-state index in [1.807, 2.05) is 13.8 Å². The number of nitrogens with one attached hydrogen (secondary N) is 1. The summed E-state index contributed by atoms with van der Waals surface area (Å²) in [5.41, 5.74) is 1.51. The third kappa shape index (κ3) is 3.50. The quantitative estimate of drug-likeness (QED) is 0.772. The predicted octanol–water partition coefficient (Wildman–Crippen LogP) is 1.73. The molecule has 0 aliphatic carbocycles. The molecule has 0 radical (unpaired) electrons. The monoisotopic (exact) mass is 283 g/mol. The van der Waals surface area contributed by atoms with Crippen LogP contribution in [0.1, 0.15) is 44.5 Å². The molecule has 114 valence electrons. The standard InChI is InChI=1S/C14H25N3O3/c1-7-9(3)15-12(14(18)20-8-2)11-10(4)16-17(5)13(11)19-6/h9,12,15H,7-8H2,1-6H3. The zero-order valence-electron chi connectivity index (χ0n) is 13.2. The summed E-state index contributed by atoms with van der Waals surface area (Å²) in [6, 6.07) is -0.373. The summed E-state index contributed by atoms with van der Waals surface area (Å²) in [6.07, 6.45) is 0.914. The topological polar surface area (TPSA) is 65.4 Å². The lowest BCUT2D eigenvalue weighted by molar-refractivity contribution is -0.146. The van der Waals surface area contributed by atoms with Gasteiger partial charge in [-0.15, -0.1) is 0 Å². The molecule has 20 heavy (non-hydrogen) atoms. The third-order valence-corrected chi connectivity index (χ3v) is 3.28. The van der Waals surface area contributed by atoms with Crippen LogP contribution in [0, 0.1) is 6.92 Å². The molecule has 6 nitrogen and oxygen atoms in total. The summed E-state index contributed by atoms with van der Waals surface area (Å²) in [6.45, 7) is 8.10. The van der Waals surface area contributed by atoms with Gasteiger partial charge in [0.05, 0.1) is 25.0 Å². The van der Waals surface area contributed by atoms with Gasteiger partial charge >= 0.3 is 5.97 Å². The Morgan fingerprint density at radius 2 is 2.10 bits per heavy atom. The number of nitrogens with zero attached hydrogens (tertiary/aromatic N) is 2. The fraction of sp³-hybridized carbons (Fsp3) is 0.714. The molecule has 6 heteroatoms. The van der Waals surface area contributed by atoms with E-state index in [1.165, 1.54) is 0 Å². The Balaban J connectivity index is 3.19. The van der Waals surface area contributed by atoms with Gasteiger partial charge < -0.3 is 9.47 Å². The lowest BCUT2D eigenvalue weighted by Gasteiger charge is -2.21. The number of hydrogen-bond donors (Lipinski definition) is 1. The molecule has 1 heterocycles. The molecule has 0 aromatic carbocycles. The maximum absolute atomic E-state index is 12.2. The third-order valence-electron chi connectivity index (χ3n) is 3.28. The fourth-order valence-corrected chi connectivity index (χ4v) is 2.12. The number of hydrogen-bond acceptors (Lipinski definition) is 5. The first kappa shape index (κ1) is 16.5. The molecule has 0 fully saturated rings. The SMILES string of the molecule is CCOC(=O)C(NC(C)CC)c1c(C)nn(C)c1OC.